The second kappa shape index (κ2) is 7.19. The largest absolute Gasteiger partial charge is 0.316 e. The predicted octanol–water partition coefficient (Wildman–Crippen LogP) is 4.32. The Morgan fingerprint density at radius 3 is 2.39 bits per heavy atom. The molecule has 0 aromatic carbocycles. The molecule has 0 amide bonds. The third-order valence-corrected chi connectivity index (χ3v) is 6.89. The highest BCUT2D eigenvalue weighted by Gasteiger charge is 2.30. The Labute approximate surface area is 118 Å². The molecule has 2 aliphatic carbocycles. The van der Waals surface area contributed by atoms with Crippen LogP contribution in [0.15, 0.2) is 0 Å². The minimum Gasteiger partial charge on any atom is -0.316 e. The summed E-state index contributed by atoms with van der Waals surface area (Å²) in [6.07, 6.45) is 10.2. The van der Waals surface area contributed by atoms with Gasteiger partial charge in [-0.25, -0.2) is 0 Å². The topological polar surface area (TPSA) is 12.0 Å². The van der Waals surface area contributed by atoms with Crippen molar-refractivity contribution >= 4 is 11.8 Å². The lowest BCUT2D eigenvalue weighted by molar-refractivity contribution is 0.181. The Morgan fingerprint density at radius 2 is 1.78 bits per heavy atom. The first-order chi connectivity index (χ1) is 8.70. The summed E-state index contributed by atoms with van der Waals surface area (Å²) >= 11 is 2.25. The first-order valence-corrected chi connectivity index (χ1v) is 9.04. The van der Waals surface area contributed by atoms with Crippen LogP contribution in [0, 0.1) is 17.8 Å². The molecule has 0 heterocycles. The summed E-state index contributed by atoms with van der Waals surface area (Å²) in [4.78, 5) is 0. The van der Waals surface area contributed by atoms with Gasteiger partial charge in [0.1, 0.15) is 0 Å². The van der Waals surface area contributed by atoms with Gasteiger partial charge in [0.2, 0.25) is 0 Å². The van der Waals surface area contributed by atoms with Crippen LogP contribution in [0.4, 0.5) is 0 Å². The zero-order chi connectivity index (χ0) is 13.0. The molecule has 1 N–H and O–H groups in total. The highest BCUT2D eigenvalue weighted by molar-refractivity contribution is 7.99. The maximum Gasteiger partial charge on any atom is 0.0183 e. The summed E-state index contributed by atoms with van der Waals surface area (Å²) in [6.45, 7) is 4.89. The molecule has 106 valence electrons. The molecule has 18 heavy (non-hydrogen) atoms. The van der Waals surface area contributed by atoms with Gasteiger partial charge in [0.25, 0.3) is 0 Å². The van der Waals surface area contributed by atoms with E-state index in [4.69, 9.17) is 0 Å². The van der Waals surface area contributed by atoms with Gasteiger partial charge in [-0.05, 0) is 50.5 Å². The molecular weight excluding hydrogens is 238 g/mol. The SMILES string of the molecule is CNC(CSC1CCCC1)C1CCC(C)C(C)C1. The van der Waals surface area contributed by atoms with Gasteiger partial charge in [-0.1, -0.05) is 33.1 Å². The van der Waals surface area contributed by atoms with E-state index in [2.05, 4.69) is 38.0 Å². The number of hydrogen-bond acceptors (Lipinski definition) is 2. The van der Waals surface area contributed by atoms with E-state index in [1.54, 1.807) is 0 Å². The predicted molar refractivity (Wildman–Crippen MR) is 83.2 cm³/mol. The van der Waals surface area contributed by atoms with E-state index in [0.29, 0.717) is 0 Å². The Bertz CT molecular complexity index is 237. The van der Waals surface area contributed by atoms with Crippen molar-refractivity contribution in [2.24, 2.45) is 17.8 Å². The molecule has 2 rings (SSSR count). The minimum absolute atomic E-state index is 0.755. The molecule has 0 aromatic heterocycles. The van der Waals surface area contributed by atoms with Crippen molar-refractivity contribution < 1.29 is 0 Å². The minimum atomic E-state index is 0.755. The fourth-order valence-electron chi connectivity index (χ4n) is 3.70. The van der Waals surface area contributed by atoms with Gasteiger partial charge >= 0.3 is 0 Å². The molecule has 0 bridgehead atoms. The van der Waals surface area contributed by atoms with Crippen molar-refractivity contribution in [3.05, 3.63) is 0 Å². The average molecular weight is 269 g/mol. The van der Waals surface area contributed by atoms with Crippen LogP contribution < -0.4 is 5.32 Å². The van der Waals surface area contributed by atoms with Crippen LogP contribution in [0.5, 0.6) is 0 Å². The summed E-state index contributed by atoms with van der Waals surface area (Å²) in [6, 6.07) is 0.755. The Balaban J connectivity index is 1.76. The van der Waals surface area contributed by atoms with Crippen LogP contribution in [0.25, 0.3) is 0 Å². The molecule has 0 aromatic rings. The molecule has 2 heteroatoms. The van der Waals surface area contributed by atoms with Crippen molar-refractivity contribution in [2.45, 2.75) is 70.1 Å². The summed E-state index contributed by atoms with van der Waals surface area (Å²) in [5.41, 5.74) is 0. The summed E-state index contributed by atoms with van der Waals surface area (Å²) in [5, 5.41) is 4.58. The molecule has 4 atom stereocenters. The summed E-state index contributed by atoms with van der Waals surface area (Å²) in [5.74, 6) is 4.14. The second-order valence-corrected chi connectivity index (χ2v) is 8.00. The Hall–Kier alpha value is 0.310. The molecule has 2 aliphatic rings. The van der Waals surface area contributed by atoms with E-state index in [1.807, 2.05) is 0 Å². The third-order valence-electron chi connectivity index (χ3n) is 5.39. The Morgan fingerprint density at radius 1 is 1.06 bits per heavy atom. The molecule has 2 fully saturated rings. The van der Waals surface area contributed by atoms with Gasteiger partial charge in [-0.15, -0.1) is 0 Å². The van der Waals surface area contributed by atoms with Crippen LogP contribution in [-0.2, 0) is 0 Å². The molecule has 4 unspecified atom stereocenters. The van der Waals surface area contributed by atoms with Gasteiger partial charge in [-0.2, -0.15) is 11.8 Å². The lowest BCUT2D eigenvalue weighted by Gasteiger charge is -2.37. The van der Waals surface area contributed by atoms with Crippen LogP contribution in [0.3, 0.4) is 0 Å². The van der Waals surface area contributed by atoms with Crippen molar-refractivity contribution in [1.82, 2.24) is 5.32 Å². The third kappa shape index (κ3) is 3.90. The fraction of sp³-hybridized carbons (Fsp3) is 1.00. The van der Waals surface area contributed by atoms with Crippen LogP contribution in [0.2, 0.25) is 0 Å². The maximum absolute atomic E-state index is 3.61. The van der Waals surface area contributed by atoms with Crippen molar-refractivity contribution in [3.63, 3.8) is 0 Å². The molecular formula is C16H31NS. The molecule has 0 spiro atoms. The smallest absolute Gasteiger partial charge is 0.0183 e. The average Bonchev–Trinajstić information content (AvgIpc) is 2.87. The molecule has 0 radical (unpaired) electrons. The van der Waals surface area contributed by atoms with Gasteiger partial charge < -0.3 is 5.32 Å². The summed E-state index contributed by atoms with van der Waals surface area (Å²) < 4.78 is 0. The van der Waals surface area contributed by atoms with Gasteiger partial charge in [0.15, 0.2) is 0 Å². The normalized spacial score (nSPS) is 35.8. The maximum atomic E-state index is 3.61. The van der Waals surface area contributed by atoms with Crippen molar-refractivity contribution in [1.29, 1.82) is 0 Å². The molecule has 2 saturated carbocycles. The van der Waals surface area contributed by atoms with Crippen molar-refractivity contribution in [2.75, 3.05) is 12.8 Å². The summed E-state index contributed by atoms with van der Waals surface area (Å²) in [7, 11) is 2.17. The number of hydrogen-bond donors (Lipinski definition) is 1. The van der Waals surface area contributed by atoms with E-state index in [9.17, 15) is 0 Å². The lowest BCUT2D eigenvalue weighted by atomic mass is 9.73. The highest BCUT2D eigenvalue weighted by Crippen LogP contribution is 2.37. The van der Waals surface area contributed by atoms with E-state index in [-0.39, 0.29) is 0 Å². The zero-order valence-corrected chi connectivity index (χ0v) is 13.3. The first kappa shape index (κ1) is 14.7. The molecule has 1 nitrogen and oxygen atoms in total. The monoisotopic (exact) mass is 269 g/mol. The fourth-order valence-corrected chi connectivity index (χ4v) is 5.29. The number of thioether (sulfide) groups is 1. The van der Waals surface area contributed by atoms with Crippen LogP contribution in [0.1, 0.15) is 58.8 Å². The van der Waals surface area contributed by atoms with Gasteiger partial charge in [0.05, 0.1) is 0 Å². The highest BCUT2D eigenvalue weighted by atomic mass is 32.2. The standard InChI is InChI=1S/C16H31NS/c1-12-8-9-14(10-13(12)2)16(17-3)11-18-15-6-4-5-7-15/h12-17H,4-11H2,1-3H3. The Kier molecular flexibility index (Phi) is 5.88. The number of nitrogens with one attached hydrogen (secondary N) is 1. The molecule has 0 saturated heterocycles. The molecule has 0 aliphatic heterocycles. The second-order valence-electron chi connectivity index (χ2n) is 6.66. The quantitative estimate of drug-likeness (QED) is 0.797. The van der Waals surface area contributed by atoms with Crippen molar-refractivity contribution in [3.8, 4) is 0 Å². The zero-order valence-electron chi connectivity index (χ0n) is 12.5. The van der Waals surface area contributed by atoms with E-state index in [1.165, 1.54) is 50.7 Å². The lowest BCUT2D eigenvalue weighted by Crippen LogP contribution is -2.39. The van der Waals surface area contributed by atoms with E-state index < -0.39 is 0 Å². The van der Waals surface area contributed by atoms with E-state index >= 15 is 0 Å². The van der Waals surface area contributed by atoms with Gasteiger partial charge in [0, 0.05) is 17.0 Å². The first-order valence-electron chi connectivity index (χ1n) is 7.99. The number of rotatable bonds is 5. The van der Waals surface area contributed by atoms with Crippen LogP contribution in [-0.4, -0.2) is 24.1 Å². The van der Waals surface area contributed by atoms with E-state index in [0.717, 1.165) is 29.0 Å². The van der Waals surface area contributed by atoms with Gasteiger partial charge in [-0.3, -0.25) is 0 Å². The van der Waals surface area contributed by atoms with Crippen LogP contribution >= 0.6 is 11.8 Å².